The molecule has 2 rings (SSSR count). The molecule has 0 spiro atoms. The number of nitrogens with one attached hydrogen (secondary N) is 2. The monoisotopic (exact) mass is 294 g/mol. The van der Waals surface area contributed by atoms with E-state index in [1.54, 1.807) is 14.0 Å². The molecule has 6 heteroatoms. The van der Waals surface area contributed by atoms with E-state index in [9.17, 15) is 4.79 Å². The van der Waals surface area contributed by atoms with Crippen LogP contribution in [0.25, 0.3) is 0 Å². The molecule has 1 heterocycles. The van der Waals surface area contributed by atoms with Gasteiger partial charge in [0.2, 0.25) is 0 Å². The number of likely N-dealkylation sites (N-methyl/N-ethyl adjacent to an activating group) is 1. The van der Waals surface area contributed by atoms with Gasteiger partial charge >= 0.3 is 0 Å². The van der Waals surface area contributed by atoms with Crippen molar-refractivity contribution in [2.75, 3.05) is 33.9 Å². The quantitative estimate of drug-likeness (QED) is 0.730. The zero-order chi connectivity index (χ0) is 15.2. The van der Waals surface area contributed by atoms with E-state index in [0.717, 1.165) is 11.3 Å². The number of ether oxygens (including phenoxy) is 3. The molecule has 0 saturated heterocycles. The first-order chi connectivity index (χ1) is 10.2. The summed E-state index contributed by atoms with van der Waals surface area (Å²) in [5, 5.41) is 5.93. The van der Waals surface area contributed by atoms with Gasteiger partial charge in [-0.2, -0.15) is 0 Å². The standard InChI is InChI=1S/C15H22N2O4/c1-10(15(18)17-6-7-19-3)21-11-4-5-12-13(16-2)9-20-14(12)8-11/h4-5,8,10,13,16H,6-7,9H2,1-3H3,(H,17,18). The van der Waals surface area contributed by atoms with Crippen molar-refractivity contribution in [3.05, 3.63) is 23.8 Å². The Morgan fingerprint density at radius 3 is 3.05 bits per heavy atom. The molecule has 2 N–H and O–H groups in total. The van der Waals surface area contributed by atoms with Gasteiger partial charge in [-0.05, 0) is 26.1 Å². The highest BCUT2D eigenvalue weighted by molar-refractivity contribution is 5.80. The Kier molecular flexibility index (Phi) is 5.41. The maximum absolute atomic E-state index is 11.8. The highest BCUT2D eigenvalue weighted by atomic mass is 16.5. The van der Waals surface area contributed by atoms with Gasteiger partial charge in [0.25, 0.3) is 5.91 Å². The summed E-state index contributed by atoms with van der Waals surface area (Å²) in [5.74, 6) is 1.26. The summed E-state index contributed by atoms with van der Waals surface area (Å²) in [6, 6.07) is 5.86. The number of benzene rings is 1. The van der Waals surface area contributed by atoms with Crippen LogP contribution < -0.4 is 20.1 Å². The van der Waals surface area contributed by atoms with Crippen molar-refractivity contribution in [1.29, 1.82) is 0 Å². The fraction of sp³-hybridized carbons (Fsp3) is 0.533. The summed E-state index contributed by atoms with van der Waals surface area (Å²) in [4.78, 5) is 11.8. The second-order valence-corrected chi connectivity index (χ2v) is 4.90. The molecule has 6 nitrogen and oxygen atoms in total. The Morgan fingerprint density at radius 1 is 1.52 bits per heavy atom. The van der Waals surface area contributed by atoms with Crippen LogP contribution in [0.15, 0.2) is 18.2 Å². The lowest BCUT2D eigenvalue weighted by Gasteiger charge is -2.15. The number of carbonyl (C=O) groups excluding carboxylic acids is 1. The van der Waals surface area contributed by atoms with E-state index in [1.807, 2.05) is 25.2 Å². The van der Waals surface area contributed by atoms with Crippen LogP contribution in [0, 0.1) is 0 Å². The molecule has 0 fully saturated rings. The minimum atomic E-state index is -0.568. The number of amides is 1. The normalized spacial score (nSPS) is 17.8. The molecule has 21 heavy (non-hydrogen) atoms. The van der Waals surface area contributed by atoms with Crippen LogP contribution in [0.1, 0.15) is 18.5 Å². The number of carbonyl (C=O) groups is 1. The molecule has 1 amide bonds. The average Bonchev–Trinajstić information content (AvgIpc) is 2.89. The lowest BCUT2D eigenvalue weighted by Crippen LogP contribution is -2.37. The minimum absolute atomic E-state index is 0.165. The molecular formula is C15H22N2O4. The maximum atomic E-state index is 11.8. The van der Waals surface area contributed by atoms with Crippen molar-refractivity contribution in [2.24, 2.45) is 0 Å². The Hall–Kier alpha value is -1.79. The van der Waals surface area contributed by atoms with E-state index >= 15 is 0 Å². The van der Waals surface area contributed by atoms with Crippen LogP contribution in [0.4, 0.5) is 0 Å². The Bertz CT molecular complexity index is 493. The van der Waals surface area contributed by atoms with Crippen molar-refractivity contribution in [2.45, 2.75) is 19.1 Å². The van der Waals surface area contributed by atoms with Gasteiger partial charge < -0.3 is 24.8 Å². The molecule has 2 unspecified atom stereocenters. The summed E-state index contributed by atoms with van der Waals surface area (Å²) in [6.07, 6.45) is -0.568. The van der Waals surface area contributed by atoms with Gasteiger partial charge in [-0.1, -0.05) is 0 Å². The summed E-state index contributed by atoms with van der Waals surface area (Å²) in [5.41, 5.74) is 1.11. The summed E-state index contributed by atoms with van der Waals surface area (Å²) in [6.45, 7) is 3.28. The Morgan fingerprint density at radius 2 is 2.33 bits per heavy atom. The van der Waals surface area contributed by atoms with E-state index < -0.39 is 6.10 Å². The second-order valence-electron chi connectivity index (χ2n) is 4.90. The summed E-state index contributed by atoms with van der Waals surface area (Å²) < 4.78 is 16.1. The summed E-state index contributed by atoms with van der Waals surface area (Å²) in [7, 11) is 3.50. The first-order valence-corrected chi connectivity index (χ1v) is 7.03. The third-order valence-corrected chi connectivity index (χ3v) is 3.40. The second kappa shape index (κ2) is 7.28. The van der Waals surface area contributed by atoms with Crippen LogP contribution >= 0.6 is 0 Å². The molecule has 0 bridgehead atoms. The van der Waals surface area contributed by atoms with Crippen LogP contribution in [0.3, 0.4) is 0 Å². The van der Waals surface area contributed by atoms with E-state index in [2.05, 4.69) is 10.6 Å². The highest BCUT2D eigenvalue weighted by Crippen LogP contribution is 2.35. The van der Waals surface area contributed by atoms with Crippen molar-refractivity contribution in [3.8, 4) is 11.5 Å². The highest BCUT2D eigenvalue weighted by Gasteiger charge is 2.23. The molecule has 1 aliphatic rings. The molecule has 1 aromatic carbocycles. The number of fused-ring (bicyclic) bond motifs is 1. The van der Waals surface area contributed by atoms with E-state index in [1.165, 1.54) is 0 Å². The molecular weight excluding hydrogens is 272 g/mol. The number of hydrogen-bond acceptors (Lipinski definition) is 5. The van der Waals surface area contributed by atoms with Crippen molar-refractivity contribution >= 4 is 5.91 Å². The first kappa shape index (κ1) is 15.6. The van der Waals surface area contributed by atoms with Crippen LogP contribution in [-0.2, 0) is 9.53 Å². The number of rotatable bonds is 7. The number of methoxy groups -OCH3 is 1. The van der Waals surface area contributed by atoms with Crippen molar-refractivity contribution in [3.63, 3.8) is 0 Å². The van der Waals surface area contributed by atoms with Gasteiger partial charge in [-0.3, -0.25) is 4.79 Å². The van der Waals surface area contributed by atoms with Gasteiger partial charge in [0, 0.05) is 25.3 Å². The number of hydrogen-bond donors (Lipinski definition) is 2. The average molecular weight is 294 g/mol. The lowest BCUT2D eigenvalue weighted by atomic mass is 10.1. The van der Waals surface area contributed by atoms with Gasteiger partial charge in [0.15, 0.2) is 6.10 Å². The molecule has 116 valence electrons. The van der Waals surface area contributed by atoms with Crippen LogP contribution in [0.5, 0.6) is 11.5 Å². The Balaban J connectivity index is 1.93. The predicted molar refractivity (Wildman–Crippen MR) is 78.7 cm³/mol. The molecule has 1 aromatic rings. The molecule has 0 aromatic heterocycles. The van der Waals surface area contributed by atoms with Crippen molar-refractivity contribution in [1.82, 2.24) is 10.6 Å². The third kappa shape index (κ3) is 3.86. The molecule has 0 saturated carbocycles. The third-order valence-electron chi connectivity index (χ3n) is 3.40. The van der Waals surface area contributed by atoms with Crippen molar-refractivity contribution < 1.29 is 19.0 Å². The summed E-state index contributed by atoms with van der Waals surface area (Å²) >= 11 is 0. The fourth-order valence-electron chi connectivity index (χ4n) is 2.18. The SMILES string of the molecule is CNC1COc2cc(OC(C)C(=O)NCCOC)ccc21. The van der Waals surface area contributed by atoms with Crippen LogP contribution in [0.2, 0.25) is 0 Å². The zero-order valence-electron chi connectivity index (χ0n) is 12.6. The fourth-order valence-corrected chi connectivity index (χ4v) is 2.18. The largest absolute Gasteiger partial charge is 0.491 e. The molecule has 2 atom stereocenters. The van der Waals surface area contributed by atoms with Gasteiger partial charge in [-0.25, -0.2) is 0 Å². The molecule has 1 aliphatic heterocycles. The first-order valence-electron chi connectivity index (χ1n) is 7.03. The smallest absolute Gasteiger partial charge is 0.260 e. The van der Waals surface area contributed by atoms with Gasteiger partial charge in [-0.15, -0.1) is 0 Å². The van der Waals surface area contributed by atoms with Gasteiger partial charge in [0.1, 0.15) is 18.1 Å². The van der Waals surface area contributed by atoms with Gasteiger partial charge in [0.05, 0.1) is 12.6 Å². The maximum Gasteiger partial charge on any atom is 0.260 e. The predicted octanol–water partition coefficient (Wildman–Crippen LogP) is 0.869. The Labute approximate surface area is 124 Å². The van der Waals surface area contributed by atoms with E-state index in [4.69, 9.17) is 14.2 Å². The molecule has 0 radical (unpaired) electrons. The van der Waals surface area contributed by atoms with E-state index in [0.29, 0.717) is 25.5 Å². The topological polar surface area (TPSA) is 68.8 Å². The minimum Gasteiger partial charge on any atom is -0.491 e. The van der Waals surface area contributed by atoms with E-state index in [-0.39, 0.29) is 11.9 Å². The van der Waals surface area contributed by atoms with Crippen LogP contribution in [-0.4, -0.2) is 45.9 Å². The zero-order valence-corrected chi connectivity index (χ0v) is 12.6. The lowest BCUT2D eigenvalue weighted by molar-refractivity contribution is -0.127. The molecule has 0 aliphatic carbocycles.